The number of halogens is 1. The predicted molar refractivity (Wildman–Crippen MR) is 160 cm³/mol. The highest BCUT2D eigenvalue weighted by Crippen LogP contribution is 2.23. The summed E-state index contributed by atoms with van der Waals surface area (Å²) in [5, 5.41) is 3.00. The maximum Gasteiger partial charge on any atom is 0.304 e. The van der Waals surface area contributed by atoms with Gasteiger partial charge in [0, 0.05) is 32.6 Å². The lowest BCUT2D eigenvalue weighted by molar-refractivity contribution is -0.140. The van der Waals surface area contributed by atoms with Crippen LogP contribution in [0.2, 0.25) is 0 Å². The second-order valence-electron chi connectivity index (χ2n) is 11.2. The average molecular weight is 583 g/mol. The molecule has 0 aliphatic rings. The first-order chi connectivity index (χ1) is 19.2. The van der Waals surface area contributed by atoms with Crippen LogP contribution in [0.25, 0.3) is 0 Å². The van der Waals surface area contributed by atoms with Gasteiger partial charge < -0.3 is 10.2 Å². The van der Waals surface area contributed by atoms with E-state index < -0.39 is 40.1 Å². The molecule has 1 N–H and O–H groups in total. The Morgan fingerprint density at radius 1 is 0.902 bits per heavy atom. The molecule has 10 heteroatoms. The number of carbonyl (C=O) groups is 2. The Kier molecular flexibility index (Phi) is 10.3. The van der Waals surface area contributed by atoms with E-state index >= 15 is 0 Å². The van der Waals surface area contributed by atoms with E-state index in [0.717, 1.165) is 37.4 Å². The van der Waals surface area contributed by atoms with Crippen LogP contribution in [0.4, 0.5) is 10.1 Å². The summed E-state index contributed by atoms with van der Waals surface area (Å²) in [5.74, 6) is -1.47. The number of nitrogens with zero attached hydrogens (tertiary/aromatic N) is 3. The molecule has 2 amide bonds. The fraction of sp³-hybridized carbons (Fsp3) is 0.355. The summed E-state index contributed by atoms with van der Waals surface area (Å²) in [5.41, 5.74) is 2.16. The first kappa shape index (κ1) is 31.8. The quantitative estimate of drug-likeness (QED) is 0.365. The molecule has 41 heavy (non-hydrogen) atoms. The SMILES string of the molecule is Cc1ccccc1CN(C(=O)CN(c1ccc(F)cc1)S(=O)(=O)N(C)C)[C@@H](Cc1ccccc1)C(=O)NC(C)(C)C. The molecule has 1 atom stereocenters. The fourth-order valence-electron chi connectivity index (χ4n) is 4.30. The molecule has 0 aliphatic heterocycles. The van der Waals surface area contributed by atoms with Gasteiger partial charge in [-0.15, -0.1) is 0 Å². The summed E-state index contributed by atoms with van der Waals surface area (Å²) >= 11 is 0. The maximum atomic E-state index is 14.2. The molecule has 3 rings (SSSR count). The van der Waals surface area contributed by atoms with Crippen LogP contribution in [-0.4, -0.2) is 61.7 Å². The molecule has 3 aromatic rings. The van der Waals surface area contributed by atoms with Gasteiger partial charge in [0.25, 0.3) is 0 Å². The Labute approximate surface area is 243 Å². The van der Waals surface area contributed by atoms with Crippen molar-refractivity contribution in [2.24, 2.45) is 0 Å². The summed E-state index contributed by atoms with van der Waals surface area (Å²) in [4.78, 5) is 29.5. The van der Waals surface area contributed by atoms with Gasteiger partial charge in [-0.05, 0) is 68.7 Å². The summed E-state index contributed by atoms with van der Waals surface area (Å²) in [6.07, 6.45) is 0.220. The summed E-state index contributed by atoms with van der Waals surface area (Å²) in [6.45, 7) is 6.99. The molecule has 0 bridgehead atoms. The number of amides is 2. The smallest absolute Gasteiger partial charge is 0.304 e. The Bertz CT molecular complexity index is 1440. The third kappa shape index (κ3) is 8.61. The van der Waals surface area contributed by atoms with Crippen LogP contribution in [0.3, 0.4) is 0 Å². The lowest BCUT2D eigenvalue weighted by atomic mass is 10.00. The number of rotatable bonds is 11. The van der Waals surface area contributed by atoms with E-state index in [9.17, 15) is 22.4 Å². The largest absolute Gasteiger partial charge is 0.350 e. The van der Waals surface area contributed by atoms with Crippen LogP contribution >= 0.6 is 0 Å². The van der Waals surface area contributed by atoms with Gasteiger partial charge in [0.2, 0.25) is 11.8 Å². The van der Waals surface area contributed by atoms with Crippen molar-refractivity contribution in [3.63, 3.8) is 0 Å². The van der Waals surface area contributed by atoms with E-state index in [2.05, 4.69) is 5.32 Å². The van der Waals surface area contributed by atoms with Crippen molar-refractivity contribution in [1.82, 2.24) is 14.5 Å². The van der Waals surface area contributed by atoms with E-state index in [1.54, 1.807) is 0 Å². The molecule has 0 radical (unpaired) electrons. The van der Waals surface area contributed by atoms with Crippen molar-refractivity contribution >= 4 is 27.7 Å². The van der Waals surface area contributed by atoms with Crippen molar-refractivity contribution < 1.29 is 22.4 Å². The van der Waals surface area contributed by atoms with Gasteiger partial charge >= 0.3 is 10.2 Å². The fourth-order valence-corrected chi connectivity index (χ4v) is 5.36. The van der Waals surface area contributed by atoms with Crippen LogP contribution < -0.4 is 9.62 Å². The molecule has 0 saturated carbocycles. The third-order valence-electron chi connectivity index (χ3n) is 6.50. The van der Waals surface area contributed by atoms with Crippen molar-refractivity contribution in [2.45, 2.75) is 52.2 Å². The minimum Gasteiger partial charge on any atom is -0.350 e. The van der Waals surface area contributed by atoms with Crippen LogP contribution in [0, 0.1) is 12.7 Å². The van der Waals surface area contributed by atoms with Gasteiger partial charge in [-0.3, -0.25) is 9.59 Å². The number of hydrogen-bond donors (Lipinski definition) is 1. The number of nitrogens with one attached hydrogen (secondary N) is 1. The van der Waals surface area contributed by atoms with E-state index in [1.807, 2.05) is 82.3 Å². The van der Waals surface area contributed by atoms with Crippen molar-refractivity contribution in [3.8, 4) is 0 Å². The Hall–Kier alpha value is -3.76. The molecule has 0 aliphatic carbocycles. The molecule has 0 aromatic heterocycles. The molecule has 0 spiro atoms. The van der Waals surface area contributed by atoms with Crippen LogP contribution in [0.1, 0.15) is 37.5 Å². The second kappa shape index (κ2) is 13.3. The zero-order valence-electron chi connectivity index (χ0n) is 24.5. The number of benzene rings is 3. The second-order valence-corrected chi connectivity index (χ2v) is 13.2. The van der Waals surface area contributed by atoms with Crippen LogP contribution in [0.5, 0.6) is 0 Å². The molecule has 8 nitrogen and oxygen atoms in total. The van der Waals surface area contributed by atoms with Crippen LogP contribution in [0.15, 0.2) is 78.9 Å². The Morgan fingerprint density at radius 2 is 1.49 bits per heavy atom. The zero-order valence-corrected chi connectivity index (χ0v) is 25.3. The van der Waals surface area contributed by atoms with Crippen molar-refractivity contribution in [1.29, 1.82) is 0 Å². The van der Waals surface area contributed by atoms with Crippen molar-refractivity contribution in [2.75, 3.05) is 24.9 Å². The predicted octanol–water partition coefficient (Wildman–Crippen LogP) is 4.30. The van der Waals surface area contributed by atoms with E-state index in [0.29, 0.717) is 0 Å². The lowest BCUT2D eigenvalue weighted by Crippen LogP contribution is -2.56. The summed E-state index contributed by atoms with van der Waals surface area (Å²) in [6, 6.07) is 20.9. The summed E-state index contributed by atoms with van der Waals surface area (Å²) < 4.78 is 42.4. The van der Waals surface area contributed by atoms with Gasteiger partial charge in [-0.25, -0.2) is 8.70 Å². The van der Waals surface area contributed by atoms with Crippen molar-refractivity contribution in [3.05, 3.63) is 101 Å². The third-order valence-corrected chi connectivity index (χ3v) is 8.32. The number of hydrogen-bond acceptors (Lipinski definition) is 4. The lowest BCUT2D eigenvalue weighted by Gasteiger charge is -2.36. The highest BCUT2D eigenvalue weighted by atomic mass is 32.2. The minimum atomic E-state index is -4.15. The zero-order chi connectivity index (χ0) is 30.4. The van der Waals surface area contributed by atoms with E-state index in [1.165, 1.54) is 31.1 Å². The van der Waals surface area contributed by atoms with Crippen LogP contribution in [-0.2, 0) is 32.8 Å². The number of anilines is 1. The molecule has 3 aromatic carbocycles. The molecule has 0 fully saturated rings. The van der Waals surface area contributed by atoms with Gasteiger partial charge in [-0.1, -0.05) is 54.6 Å². The maximum absolute atomic E-state index is 14.2. The molecule has 0 unspecified atom stereocenters. The number of carbonyl (C=O) groups excluding carboxylic acids is 2. The highest BCUT2D eigenvalue weighted by Gasteiger charge is 2.35. The summed E-state index contributed by atoms with van der Waals surface area (Å²) in [7, 11) is -1.44. The van der Waals surface area contributed by atoms with Gasteiger partial charge in [-0.2, -0.15) is 12.7 Å². The first-order valence-corrected chi connectivity index (χ1v) is 14.7. The van der Waals surface area contributed by atoms with E-state index in [-0.39, 0.29) is 24.6 Å². The molecular formula is C31H39FN4O4S. The Balaban J connectivity index is 2.12. The minimum absolute atomic E-state index is 0.0832. The topological polar surface area (TPSA) is 90.0 Å². The normalized spacial score (nSPS) is 12.6. The highest BCUT2D eigenvalue weighted by molar-refractivity contribution is 7.90. The Morgan fingerprint density at radius 3 is 2.05 bits per heavy atom. The average Bonchev–Trinajstić information content (AvgIpc) is 2.90. The first-order valence-electron chi connectivity index (χ1n) is 13.3. The van der Waals surface area contributed by atoms with Gasteiger partial charge in [0.1, 0.15) is 18.4 Å². The monoisotopic (exact) mass is 582 g/mol. The van der Waals surface area contributed by atoms with Gasteiger partial charge in [0.05, 0.1) is 5.69 Å². The van der Waals surface area contributed by atoms with E-state index in [4.69, 9.17) is 0 Å². The number of aryl methyl sites for hydroxylation is 1. The molecule has 0 saturated heterocycles. The molecule has 0 heterocycles. The van der Waals surface area contributed by atoms with Gasteiger partial charge in [0.15, 0.2) is 0 Å². The molecular weight excluding hydrogens is 543 g/mol. The molecule has 220 valence electrons. The standard InChI is InChI=1S/C31H39FN4O4S/c1-23-12-10-11-15-25(23)21-35(28(30(38)33-31(2,3)4)20-24-13-8-7-9-14-24)29(37)22-36(41(39,40)34(5)6)27-18-16-26(32)17-19-27/h7-19,28H,20-22H2,1-6H3,(H,33,38)/t28-/m0/s1.